The smallest absolute Gasteiger partial charge is 0.464 e. The van der Waals surface area contributed by atoms with Gasteiger partial charge >= 0.3 is 21.6 Å². The fraction of sp³-hybridized carbons (Fsp3) is 0.222. The van der Waals surface area contributed by atoms with Crippen LogP contribution in [0.2, 0.25) is 0 Å². The molecular formula is C18H13F4NO6S. The summed E-state index contributed by atoms with van der Waals surface area (Å²) < 4.78 is 87.7. The van der Waals surface area contributed by atoms with Gasteiger partial charge in [-0.05, 0) is 23.8 Å². The van der Waals surface area contributed by atoms with E-state index < -0.39 is 39.1 Å². The highest BCUT2D eigenvalue weighted by Crippen LogP contribution is 2.34. The molecule has 1 aromatic carbocycles. The van der Waals surface area contributed by atoms with Gasteiger partial charge in [-0.1, -0.05) is 13.0 Å². The van der Waals surface area contributed by atoms with E-state index in [0.29, 0.717) is 16.7 Å². The standard InChI is InChI=1S/C18H13F4NO6S/c1-9(11-8-14(17(24)27-2)23-13-5-6-28-16(11)13)10-3-4-15(12(19)7-10)29-30(25,26)18(20,21)22/h3-9H,1-2H3. The highest BCUT2D eigenvalue weighted by molar-refractivity contribution is 7.88. The number of halogens is 4. The summed E-state index contributed by atoms with van der Waals surface area (Å²) in [6.45, 7) is 1.63. The summed E-state index contributed by atoms with van der Waals surface area (Å²) in [4.78, 5) is 16.0. The van der Waals surface area contributed by atoms with Gasteiger partial charge in [0.15, 0.2) is 17.1 Å². The van der Waals surface area contributed by atoms with Gasteiger partial charge in [0.05, 0.1) is 13.4 Å². The number of ether oxygens (including phenoxy) is 1. The minimum Gasteiger partial charge on any atom is -0.464 e. The molecule has 1 atom stereocenters. The van der Waals surface area contributed by atoms with Crippen LogP contribution in [-0.4, -0.2) is 32.0 Å². The van der Waals surface area contributed by atoms with Crippen LogP contribution in [0.4, 0.5) is 17.6 Å². The Morgan fingerprint density at radius 2 is 1.90 bits per heavy atom. The van der Waals surface area contributed by atoms with Crippen molar-refractivity contribution in [3.05, 3.63) is 59.2 Å². The van der Waals surface area contributed by atoms with Gasteiger partial charge in [0, 0.05) is 17.5 Å². The predicted molar refractivity (Wildman–Crippen MR) is 94.9 cm³/mol. The molecule has 2 aromatic heterocycles. The molecule has 0 radical (unpaired) electrons. The summed E-state index contributed by atoms with van der Waals surface area (Å²) in [6, 6.07) is 5.70. The molecule has 0 spiro atoms. The second kappa shape index (κ2) is 7.59. The number of furan rings is 1. The number of benzene rings is 1. The summed E-state index contributed by atoms with van der Waals surface area (Å²) in [5.74, 6) is -3.74. The molecule has 0 aliphatic heterocycles. The zero-order valence-corrected chi connectivity index (χ0v) is 16.2. The summed E-state index contributed by atoms with van der Waals surface area (Å²) >= 11 is 0. The molecule has 0 N–H and O–H groups in total. The highest BCUT2D eigenvalue weighted by Gasteiger charge is 2.48. The first-order chi connectivity index (χ1) is 13.9. The average Bonchev–Trinajstić information content (AvgIpc) is 3.15. The van der Waals surface area contributed by atoms with Gasteiger partial charge in [0.1, 0.15) is 11.2 Å². The first kappa shape index (κ1) is 21.6. The second-order valence-electron chi connectivity index (χ2n) is 6.12. The van der Waals surface area contributed by atoms with Crippen LogP contribution in [0, 0.1) is 5.82 Å². The molecule has 0 saturated heterocycles. The first-order valence-corrected chi connectivity index (χ1v) is 9.62. The monoisotopic (exact) mass is 447 g/mol. The van der Waals surface area contributed by atoms with Gasteiger partial charge < -0.3 is 13.3 Å². The molecule has 160 valence electrons. The molecule has 2 heterocycles. The highest BCUT2D eigenvalue weighted by atomic mass is 32.2. The quantitative estimate of drug-likeness (QED) is 0.251. The number of pyridine rings is 1. The molecule has 0 fully saturated rings. The molecule has 3 rings (SSSR count). The summed E-state index contributed by atoms with van der Waals surface area (Å²) in [5.41, 5.74) is -4.38. The molecule has 12 heteroatoms. The minimum absolute atomic E-state index is 0.0232. The Morgan fingerprint density at radius 3 is 2.50 bits per heavy atom. The van der Waals surface area contributed by atoms with Gasteiger partial charge in [-0.3, -0.25) is 0 Å². The molecule has 0 bridgehead atoms. The van der Waals surface area contributed by atoms with Crippen LogP contribution < -0.4 is 4.18 Å². The zero-order chi connectivity index (χ0) is 22.3. The largest absolute Gasteiger partial charge is 0.534 e. The SMILES string of the molecule is COC(=O)c1cc(C(C)c2ccc(OS(=O)(=O)C(F)(F)F)c(F)c2)c2occc2n1. The summed E-state index contributed by atoms with van der Waals surface area (Å²) in [7, 11) is -4.84. The molecule has 0 saturated carbocycles. The van der Waals surface area contributed by atoms with Crippen molar-refractivity contribution >= 4 is 27.2 Å². The number of carbonyl (C=O) groups excluding carboxylic acids is 1. The zero-order valence-electron chi connectivity index (χ0n) is 15.4. The Morgan fingerprint density at radius 1 is 1.20 bits per heavy atom. The van der Waals surface area contributed by atoms with Crippen LogP contribution >= 0.6 is 0 Å². The third-order valence-corrected chi connectivity index (χ3v) is 5.21. The van der Waals surface area contributed by atoms with Crippen molar-refractivity contribution < 1.29 is 44.1 Å². The van der Waals surface area contributed by atoms with Gasteiger partial charge in [0.25, 0.3) is 0 Å². The lowest BCUT2D eigenvalue weighted by Crippen LogP contribution is -2.28. The van der Waals surface area contributed by atoms with Crippen molar-refractivity contribution in [3.8, 4) is 5.75 Å². The van der Waals surface area contributed by atoms with Crippen LogP contribution in [0.5, 0.6) is 5.75 Å². The summed E-state index contributed by atoms with van der Waals surface area (Å²) in [6.07, 6.45) is 1.34. The maximum atomic E-state index is 14.3. The Balaban J connectivity index is 2.00. The van der Waals surface area contributed by atoms with E-state index in [2.05, 4.69) is 13.9 Å². The van der Waals surface area contributed by atoms with Crippen LogP contribution in [0.25, 0.3) is 11.1 Å². The maximum Gasteiger partial charge on any atom is 0.534 e. The Labute approximate surface area is 167 Å². The van der Waals surface area contributed by atoms with Crippen LogP contribution in [0.3, 0.4) is 0 Å². The van der Waals surface area contributed by atoms with Crippen LogP contribution in [-0.2, 0) is 14.9 Å². The van der Waals surface area contributed by atoms with Crippen molar-refractivity contribution in [2.45, 2.75) is 18.3 Å². The number of hydrogen-bond donors (Lipinski definition) is 0. The average molecular weight is 447 g/mol. The molecule has 3 aromatic rings. The molecule has 30 heavy (non-hydrogen) atoms. The lowest BCUT2D eigenvalue weighted by molar-refractivity contribution is -0.0500. The van der Waals surface area contributed by atoms with E-state index in [1.54, 1.807) is 6.92 Å². The lowest BCUT2D eigenvalue weighted by atomic mass is 9.92. The van der Waals surface area contributed by atoms with Gasteiger partial charge in [-0.15, -0.1) is 0 Å². The van der Waals surface area contributed by atoms with E-state index in [0.717, 1.165) is 12.1 Å². The van der Waals surface area contributed by atoms with E-state index in [-0.39, 0.29) is 11.3 Å². The third kappa shape index (κ3) is 3.95. The second-order valence-corrected chi connectivity index (χ2v) is 7.66. The molecule has 0 aliphatic rings. The number of alkyl halides is 3. The van der Waals surface area contributed by atoms with Gasteiger partial charge in [-0.25, -0.2) is 14.2 Å². The number of hydrogen-bond acceptors (Lipinski definition) is 7. The van der Waals surface area contributed by atoms with Crippen molar-refractivity contribution in [2.24, 2.45) is 0 Å². The number of methoxy groups -OCH3 is 1. The topological polar surface area (TPSA) is 95.7 Å². The van der Waals surface area contributed by atoms with E-state index in [4.69, 9.17) is 4.42 Å². The van der Waals surface area contributed by atoms with Crippen molar-refractivity contribution in [1.82, 2.24) is 4.98 Å². The molecule has 1 unspecified atom stereocenters. The molecule has 7 nitrogen and oxygen atoms in total. The fourth-order valence-corrected chi connectivity index (χ4v) is 3.18. The predicted octanol–water partition coefficient (Wildman–Crippen LogP) is 4.13. The van der Waals surface area contributed by atoms with Crippen molar-refractivity contribution in [1.29, 1.82) is 0 Å². The number of fused-ring (bicyclic) bond motifs is 1. The Kier molecular flexibility index (Phi) is 5.46. The number of esters is 1. The number of aromatic nitrogens is 1. The maximum absolute atomic E-state index is 14.3. The first-order valence-electron chi connectivity index (χ1n) is 8.21. The number of carbonyl (C=O) groups is 1. The van der Waals surface area contributed by atoms with Gasteiger partial charge in [-0.2, -0.15) is 21.6 Å². The van der Waals surface area contributed by atoms with Gasteiger partial charge in [0.2, 0.25) is 0 Å². The van der Waals surface area contributed by atoms with Crippen molar-refractivity contribution in [3.63, 3.8) is 0 Å². The van der Waals surface area contributed by atoms with Crippen LogP contribution in [0.15, 0.2) is 41.0 Å². The Bertz CT molecular complexity index is 1220. The lowest BCUT2D eigenvalue weighted by Gasteiger charge is -2.15. The molecule has 0 aliphatic carbocycles. The number of nitrogens with zero attached hydrogens (tertiary/aromatic N) is 1. The van der Waals surface area contributed by atoms with Crippen LogP contribution in [0.1, 0.15) is 34.5 Å². The van der Waals surface area contributed by atoms with Crippen molar-refractivity contribution in [2.75, 3.05) is 7.11 Å². The minimum atomic E-state index is -6.01. The van der Waals surface area contributed by atoms with E-state index >= 15 is 0 Å². The number of rotatable bonds is 5. The fourth-order valence-electron chi connectivity index (χ4n) is 2.71. The molecular weight excluding hydrogens is 434 g/mol. The Hall–Kier alpha value is -3.15. The summed E-state index contributed by atoms with van der Waals surface area (Å²) in [5, 5.41) is 0. The normalized spacial score (nSPS) is 13.3. The third-order valence-electron chi connectivity index (χ3n) is 4.24. The molecule has 0 amide bonds. The van der Waals surface area contributed by atoms with E-state index in [9.17, 15) is 30.8 Å². The van der Waals surface area contributed by atoms with E-state index in [1.807, 2.05) is 0 Å². The van der Waals surface area contributed by atoms with E-state index in [1.165, 1.54) is 31.6 Å².